The average Bonchev–Trinajstić information content (AvgIpc) is 2.82. The number of anilines is 1. The number of hydrogen-bond donors (Lipinski definition) is 1. The van der Waals surface area contributed by atoms with Crippen molar-refractivity contribution < 1.29 is 4.74 Å². The summed E-state index contributed by atoms with van der Waals surface area (Å²) in [5, 5.41) is 0.522. The summed E-state index contributed by atoms with van der Waals surface area (Å²) in [5.74, 6) is 1.44. The van der Waals surface area contributed by atoms with Crippen molar-refractivity contribution in [2.75, 3.05) is 5.73 Å². The van der Waals surface area contributed by atoms with Crippen LogP contribution in [0.4, 0.5) is 5.69 Å². The number of halogens is 1. The molecule has 1 aliphatic carbocycles. The Morgan fingerprint density at radius 2 is 1.89 bits per heavy atom. The number of aryl methyl sites for hydroxylation is 2. The van der Waals surface area contributed by atoms with E-state index in [0.717, 1.165) is 12.2 Å². The third kappa shape index (κ3) is 2.04. The van der Waals surface area contributed by atoms with Crippen LogP contribution < -0.4 is 10.5 Å². The maximum atomic E-state index is 5.97. The van der Waals surface area contributed by atoms with Gasteiger partial charge in [0.2, 0.25) is 0 Å². The summed E-state index contributed by atoms with van der Waals surface area (Å²) in [4.78, 5) is 0. The molecule has 2 nitrogen and oxygen atoms in total. The van der Waals surface area contributed by atoms with Crippen LogP contribution in [0.25, 0.3) is 0 Å². The second-order valence-corrected chi connectivity index (χ2v) is 4.94. The first-order valence-electron chi connectivity index (χ1n) is 6.08. The molecule has 0 unspecified atom stereocenters. The van der Waals surface area contributed by atoms with E-state index >= 15 is 0 Å². The van der Waals surface area contributed by atoms with Gasteiger partial charge in [0.05, 0.1) is 10.7 Å². The third-order valence-corrected chi connectivity index (χ3v) is 3.64. The molecule has 0 bridgehead atoms. The lowest BCUT2D eigenvalue weighted by Gasteiger charge is -2.10. The Balaban J connectivity index is 1.90. The molecule has 3 rings (SSSR count). The molecular formula is C15H14ClNO. The standard InChI is InChI=1S/C15H14ClNO/c16-13-5-2-6-14(15(13)17)18-12-8-7-10-3-1-4-11(10)9-12/h2,5-9H,1,3-4,17H2. The molecule has 0 atom stereocenters. The van der Waals surface area contributed by atoms with Gasteiger partial charge in [-0.05, 0) is 54.7 Å². The number of fused-ring (bicyclic) bond motifs is 1. The predicted octanol–water partition coefficient (Wildman–Crippen LogP) is 4.20. The van der Waals surface area contributed by atoms with Gasteiger partial charge in [0.15, 0.2) is 5.75 Å². The van der Waals surface area contributed by atoms with Gasteiger partial charge >= 0.3 is 0 Å². The molecular weight excluding hydrogens is 246 g/mol. The number of ether oxygens (including phenoxy) is 1. The van der Waals surface area contributed by atoms with Crippen molar-refractivity contribution in [3.05, 3.63) is 52.5 Å². The van der Waals surface area contributed by atoms with E-state index in [4.69, 9.17) is 22.1 Å². The van der Waals surface area contributed by atoms with Crippen molar-refractivity contribution >= 4 is 17.3 Å². The quantitative estimate of drug-likeness (QED) is 0.821. The van der Waals surface area contributed by atoms with E-state index in [-0.39, 0.29) is 0 Å². The molecule has 92 valence electrons. The van der Waals surface area contributed by atoms with E-state index in [1.165, 1.54) is 24.0 Å². The van der Waals surface area contributed by atoms with Gasteiger partial charge in [0, 0.05) is 0 Å². The van der Waals surface area contributed by atoms with Crippen LogP contribution in [-0.4, -0.2) is 0 Å². The molecule has 0 spiro atoms. The Morgan fingerprint density at radius 1 is 1.06 bits per heavy atom. The highest BCUT2D eigenvalue weighted by molar-refractivity contribution is 6.33. The number of para-hydroxylation sites is 1. The van der Waals surface area contributed by atoms with E-state index in [9.17, 15) is 0 Å². The fraction of sp³-hybridized carbons (Fsp3) is 0.200. The van der Waals surface area contributed by atoms with Gasteiger partial charge in [-0.2, -0.15) is 0 Å². The Hall–Kier alpha value is -1.67. The van der Waals surface area contributed by atoms with Gasteiger partial charge in [0.25, 0.3) is 0 Å². The second-order valence-electron chi connectivity index (χ2n) is 4.54. The summed E-state index contributed by atoms with van der Waals surface area (Å²) in [5.41, 5.74) is 9.19. The largest absolute Gasteiger partial charge is 0.455 e. The first kappa shape index (κ1) is 11.4. The monoisotopic (exact) mass is 259 g/mol. The average molecular weight is 260 g/mol. The SMILES string of the molecule is Nc1c(Cl)cccc1Oc1ccc2c(c1)CCC2. The van der Waals surface area contributed by atoms with Gasteiger partial charge in [-0.1, -0.05) is 23.7 Å². The highest BCUT2D eigenvalue weighted by atomic mass is 35.5. The molecule has 1 aliphatic rings. The first-order chi connectivity index (χ1) is 8.74. The van der Waals surface area contributed by atoms with Crippen LogP contribution in [0.5, 0.6) is 11.5 Å². The van der Waals surface area contributed by atoms with Crippen molar-refractivity contribution in [1.82, 2.24) is 0 Å². The van der Waals surface area contributed by atoms with Crippen molar-refractivity contribution in [2.45, 2.75) is 19.3 Å². The summed E-state index contributed by atoms with van der Waals surface area (Å²) < 4.78 is 5.81. The van der Waals surface area contributed by atoms with Crippen LogP contribution >= 0.6 is 11.6 Å². The van der Waals surface area contributed by atoms with Crippen LogP contribution in [0, 0.1) is 0 Å². The zero-order valence-electron chi connectivity index (χ0n) is 9.95. The molecule has 0 aromatic heterocycles. The van der Waals surface area contributed by atoms with Gasteiger partial charge in [0.1, 0.15) is 5.75 Å². The Labute approximate surface area is 111 Å². The number of benzene rings is 2. The lowest BCUT2D eigenvalue weighted by atomic mass is 10.1. The summed E-state index contributed by atoms with van der Waals surface area (Å²) in [6.07, 6.45) is 3.55. The highest BCUT2D eigenvalue weighted by Crippen LogP contribution is 2.34. The molecule has 0 radical (unpaired) electrons. The molecule has 0 aliphatic heterocycles. The summed E-state index contributed by atoms with van der Waals surface area (Å²) in [6.45, 7) is 0. The maximum Gasteiger partial charge on any atom is 0.151 e. The van der Waals surface area contributed by atoms with Gasteiger partial charge in [-0.25, -0.2) is 0 Å². The van der Waals surface area contributed by atoms with Crippen LogP contribution in [0.1, 0.15) is 17.5 Å². The number of hydrogen-bond acceptors (Lipinski definition) is 2. The van der Waals surface area contributed by atoms with Crippen molar-refractivity contribution in [3.63, 3.8) is 0 Å². The Bertz CT molecular complexity index is 595. The second kappa shape index (κ2) is 4.54. The van der Waals surface area contributed by atoms with Crippen LogP contribution in [-0.2, 0) is 12.8 Å². The molecule has 18 heavy (non-hydrogen) atoms. The van der Waals surface area contributed by atoms with Crippen LogP contribution in [0.2, 0.25) is 5.02 Å². The van der Waals surface area contributed by atoms with E-state index in [1.807, 2.05) is 18.2 Å². The number of rotatable bonds is 2. The predicted molar refractivity (Wildman–Crippen MR) is 74.4 cm³/mol. The minimum atomic E-state index is 0.486. The van der Waals surface area contributed by atoms with Gasteiger partial charge in [-0.3, -0.25) is 0 Å². The zero-order valence-corrected chi connectivity index (χ0v) is 10.7. The molecule has 0 saturated heterocycles. The van der Waals surface area contributed by atoms with Crippen LogP contribution in [0.15, 0.2) is 36.4 Å². The third-order valence-electron chi connectivity index (χ3n) is 3.31. The van der Waals surface area contributed by atoms with E-state index in [2.05, 4.69) is 12.1 Å². The highest BCUT2D eigenvalue weighted by Gasteiger charge is 2.12. The van der Waals surface area contributed by atoms with Crippen molar-refractivity contribution in [1.29, 1.82) is 0 Å². The molecule has 0 heterocycles. The summed E-state index contributed by atoms with van der Waals surface area (Å²) in [6, 6.07) is 11.6. The molecule has 0 fully saturated rings. The van der Waals surface area contributed by atoms with E-state index in [1.54, 1.807) is 6.07 Å². The van der Waals surface area contributed by atoms with Gasteiger partial charge in [-0.15, -0.1) is 0 Å². The van der Waals surface area contributed by atoms with Crippen molar-refractivity contribution in [2.24, 2.45) is 0 Å². The fourth-order valence-electron chi connectivity index (χ4n) is 2.34. The lowest BCUT2D eigenvalue weighted by Crippen LogP contribution is -1.93. The number of nitrogens with two attached hydrogens (primary N) is 1. The molecule has 2 aromatic rings. The summed E-state index contributed by atoms with van der Waals surface area (Å²) >= 11 is 5.97. The van der Waals surface area contributed by atoms with Crippen LogP contribution in [0.3, 0.4) is 0 Å². The first-order valence-corrected chi connectivity index (χ1v) is 6.45. The topological polar surface area (TPSA) is 35.2 Å². The normalized spacial score (nSPS) is 13.4. The minimum absolute atomic E-state index is 0.486. The van der Waals surface area contributed by atoms with Crippen molar-refractivity contribution in [3.8, 4) is 11.5 Å². The Kier molecular flexibility index (Phi) is 2.88. The maximum absolute atomic E-state index is 5.97. The molecule has 2 N–H and O–H groups in total. The fourth-order valence-corrected chi connectivity index (χ4v) is 2.51. The Morgan fingerprint density at radius 3 is 2.78 bits per heavy atom. The van der Waals surface area contributed by atoms with E-state index < -0.39 is 0 Å². The number of nitrogen functional groups attached to an aromatic ring is 1. The lowest BCUT2D eigenvalue weighted by molar-refractivity contribution is 0.484. The van der Waals surface area contributed by atoms with E-state index in [0.29, 0.717) is 16.5 Å². The molecule has 3 heteroatoms. The zero-order chi connectivity index (χ0) is 12.5. The molecule has 2 aromatic carbocycles. The van der Waals surface area contributed by atoms with Gasteiger partial charge < -0.3 is 10.5 Å². The minimum Gasteiger partial charge on any atom is -0.455 e. The molecule has 0 saturated carbocycles. The molecule has 0 amide bonds. The smallest absolute Gasteiger partial charge is 0.151 e. The summed E-state index contributed by atoms with van der Waals surface area (Å²) in [7, 11) is 0.